The van der Waals surface area contributed by atoms with Gasteiger partial charge in [0.15, 0.2) is 6.19 Å². The molecular weight excluding hydrogens is 438 g/mol. The number of guanidine groups is 1. The molecule has 0 aliphatic carbocycles. The number of aliphatic imine (C=N–C) groups is 1. The summed E-state index contributed by atoms with van der Waals surface area (Å²) in [6.45, 7) is 0.953. The number of nitriles is 1. The average Bonchev–Trinajstić information content (AvgIpc) is 2.85. The van der Waals surface area contributed by atoms with Gasteiger partial charge in [-0.15, -0.1) is 0 Å². The van der Waals surface area contributed by atoms with Crippen LogP contribution in [0, 0.1) is 23.1 Å². The van der Waals surface area contributed by atoms with Crippen LogP contribution < -0.4 is 10.6 Å². The molecule has 0 bridgehead atoms. The number of carbonyl (C=O) groups is 1. The van der Waals surface area contributed by atoms with Crippen LogP contribution in [0.15, 0.2) is 83.9 Å². The molecule has 0 radical (unpaired) electrons. The number of nitrogens with zero attached hydrogens (tertiary/aromatic N) is 4. The van der Waals surface area contributed by atoms with E-state index < -0.39 is 17.7 Å². The first kappa shape index (κ1) is 22.7. The molecule has 1 fully saturated rings. The van der Waals surface area contributed by atoms with Gasteiger partial charge in [-0.1, -0.05) is 48.5 Å². The smallest absolute Gasteiger partial charge is 0.322 e. The summed E-state index contributed by atoms with van der Waals surface area (Å²) in [7, 11) is 0. The monoisotopic (exact) mass is 460 g/mol. The highest BCUT2D eigenvalue weighted by atomic mass is 19.1. The first-order valence-corrected chi connectivity index (χ1v) is 10.7. The Balaban J connectivity index is 1.61. The van der Waals surface area contributed by atoms with E-state index >= 15 is 0 Å². The summed E-state index contributed by atoms with van der Waals surface area (Å²) in [6, 6.07) is 20.4. The lowest BCUT2D eigenvalue weighted by atomic mass is 10.0. The third-order valence-corrected chi connectivity index (χ3v) is 5.45. The molecule has 1 aliphatic rings. The molecule has 9 heteroatoms. The van der Waals surface area contributed by atoms with Gasteiger partial charge in [-0.25, -0.2) is 18.6 Å². The summed E-state index contributed by atoms with van der Waals surface area (Å²) >= 11 is 0. The maximum absolute atomic E-state index is 14.2. The molecule has 1 saturated heterocycles. The van der Waals surface area contributed by atoms with Gasteiger partial charge in [0.25, 0.3) is 0 Å². The van der Waals surface area contributed by atoms with Crippen LogP contribution >= 0.6 is 0 Å². The van der Waals surface area contributed by atoms with Crippen LogP contribution in [0.5, 0.6) is 0 Å². The predicted octanol–water partition coefficient (Wildman–Crippen LogP) is 4.61. The number of urea groups is 1. The minimum atomic E-state index is -0.507. The SMILES string of the molecule is N#CNC(=Nc1ccccc1F)N1CCN(C(=O)Nc2cccc(F)c2)C(c2ccccc2)C1. The molecule has 3 aromatic carbocycles. The van der Waals surface area contributed by atoms with Crippen molar-refractivity contribution in [2.75, 3.05) is 25.0 Å². The zero-order valence-corrected chi connectivity index (χ0v) is 18.2. The van der Waals surface area contributed by atoms with Crippen molar-refractivity contribution in [3.05, 3.63) is 96.1 Å². The topological polar surface area (TPSA) is 83.8 Å². The van der Waals surface area contributed by atoms with Crippen LogP contribution in [-0.4, -0.2) is 41.4 Å². The number of benzene rings is 3. The lowest BCUT2D eigenvalue weighted by Crippen LogP contribution is -2.55. The molecule has 0 saturated carbocycles. The van der Waals surface area contributed by atoms with Gasteiger partial charge in [0.2, 0.25) is 5.96 Å². The number of hydrogen-bond donors (Lipinski definition) is 2. The van der Waals surface area contributed by atoms with Crippen LogP contribution in [0.1, 0.15) is 11.6 Å². The molecule has 4 rings (SSSR count). The van der Waals surface area contributed by atoms with Crippen molar-refractivity contribution in [1.82, 2.24) is 15.1 Å². The minimum absolute atomic E-state index is 0.0998. The number of amides is 2. The normalized spacial score (nSPS) is 16.0. The van der Waals surface area contributed by atoms with Crippen molar-refractivity contribution >= 4 is 23.4 Å². The molecule has 34 heavy (non-hydrogen) atoms. The van der Waals surface area contributed by atoms with Gasteiger partial charge in [-0.2, -0.15) is 5.26 Å². The van der Waals surface area contributed by atoms with Crippen LogP contribution in [0.25, 0.3) is 0 Å². The van der Waals surface area contributed by atoms with Crippen LogP contribution in [-0.2, 0) is 0 Å². The van der Waals surface area contributed by atoms with E-state index in [1.807, 2.05) is 36.5 Å². The standard InChI is InChI=1S/C25H22F2N6O/c26-19-9-6-10-20(15-19)30-25(34)33-14-13-32(16-23(33)18-7-2-1-3-8-18)24(29-17-28)31-22-12-5-4-11-21(22)27/h1-12,15,23H,13-14,16H2,(H,29,31)(H,30,34). The van der Waals surface area contributed by atoms with Gasteiger partial charge in [0, 0.05) is 25.3 Å². The summed E-state index contributed by atoms with van der Waals surface area (Å²) in [5, 5.41) is 14.6. The fourth-order valence-electron chi connectivity index (χ4n) is 3.82. The second-order valence-corrected chi connectivity index (χ2v) is 7.63. The van der Waals surface area contributed by atoms with Crippen LogP contribution in [0.3, 0.4) is 0 Å². The zero-order chi connectivity index (χ0) is 23.9. The first-order chi connectivity index (χ1) is 16.5. The Morgan fingerprint density at radius 3 is 2.50 bits per heavy atom. The average molecular weight is 460 g/mol. The van der Waals surface area contributed by atoms with E-state index in [1.165, 1.54) is 30.3 Å². The number of hydrogen-bond acceptors (Lipinski definition) is 3. The van der Waals surface area contributed by atoms with Gasteiger partial charge in [0.05, 0.1) is 6.04 Å². The molecule has 0 aromatic heterocycles. The Labute approximate surface area is 195 Å². The van der Waals surface area contributed by atoms with E-state index in [4.69, 9.17) is 0 Å². The van der Waals surface area contributed by atoms with Gasteiger partial charge in [-0.3, -0.25) is 5.32 Å². The molecule has 1 heterocycles. The first-order valence-electron chi connectivity index (χ1n) is 10.7. The summed E-state index contributed by atoms with van der Waals surface area (Å²) in [4.78, 5) is 20.9. The number of halogens is 2. The molecular formula is C25H22F2N6O. The fourth-order valence-corrected chi connectivity index (χ4v) is 3.82. The van der Waals surface area contributed by atoms with Crippen molar-refractivity contribution in [2.45, 2.75) is 6.04 Å². The van der Waals surface area contributed by atoms with E-state index in [1.54, 1.807) is 28.0 Å². The predicted molar refractivity (Wildman–Crippen MR) is 125 cm³/mol. The number of rotatable bonds is 3. The summed E-state index contributed by atoms with van der Waals surface area (Å²) < 4.78 is 27.8. The van der Waals surface area contributed by atoms with E-state index in [0.29, 0.717) is 25.3 Å². The number of nitrogens with one attached hydrogen (secondary N) is 2. The Morgan fingerprint density at radius 2 is 1.76 bits per heavy atom. The molecule has 0 spiro atoms. The Morgan fingerprint density at radius 1 is 1.00 bits per heavy atom. The maximum atomic E-state index is 14.2. The molecule has 3 aromatic rings. The van der Waals surface area contributed by atoms with Gasteiger partial charge >= 0.3 is 6.03 Å². The highest BCUT2D eigenvalue weighted by Crippen LogP contribution is 2.27. The van der Waals surface area contributed by atoms with Gasteiger partial charge in [0.1, 0.15) is 17.3 Å². The molecule has 1 aliphatic heterocycles. The van der Waals surface area contributed by atoms with E-state index in [-0.39, 0.29) is 17.7 Å². The summed E-state index contributed by atoms with van der Waals surface area (Å²) in [5.74, 6) is -0.759. The molecule has 1 unspecified atom stereocenters. The summed E-state index contributed by atoms with van der Waals surface area (Å²) in [5.41, 5.74) is 1.33. The Hall–Kier alpha value is -4.45. The van der Waals surface area contributed by atoms with Gasteiger partial charge < -0.3 is 15.1 Å². The quantitative estimate of drug-likeness (QED) is 0.259. The molecule has 7 nitrogen and oxygen atoms in total. The highest BCUT2D eigenvalue weighted by Gasteiger charge is 2.33. The highest BCUT2D eigenvalue weighted by molar-refractivity contribution is 5.90. The molecule has 2 N–H and O–H groups in total. The maximum Gasteiger partial charge on any atom is 0.322 e. The number of carbonyl (C=O) groups excluding carboxylic acids is 1. The van der Waals surface area contributed by atoms with E-state index in [2.05, 4.69) is 15.6 Å². The van der Waals surface area contributed by atoms with Crippen molar-refractivity contribution < 1.29 is 13.6 Å². The van der Waals surface area contributed by atoms with Gasteiger partial charge in [-0.05, 0) is 35.9 Å². The zero-order valence-electron chi connectivity index (χ0n) is 18.2. The third kappa shape index (κ3) is 5.30. The van der Waals surface area contributed by atoms with Crippen molar-refractivity contribution in [1.29, 1.82) is 5.26 Å². The lowest BCUT2D eigenvalue weighted by molar-refractivity contribution is 0.135. The van der Waals surface area contributed by atoms with Crippen LogP contribution in [0.2, 0.25) is 0 Å². The fraction of sp³-hybridized carbons (Fsp3) is 0.160. The molecule has 172 valence electrons. The lowest BCUT2D eigenvalue weighted by Gasteiger charge is -2.42. The van der Waals surface area contributed by atoms with Crippen molar-refractivity contribution in [3.8, 4) is 6.19 Å². The van der Waals surface area contributed by atoms with Crippen molar-refractivity contribution in [2.24, 2.45) is 4.99 Å². The summed E-state index contributed by atoms with van der Waals surface area (Å²) in [6.07, 6.45) is 1.86. The van der Waals surface area contributed by atoms with E-state index in [9.17, 15) is 18.8 Å². The minimum Gasteiger partial charge on any atom is -0.338 e. The number of anilines is 1. The number of piperazine rings is 1. The van der Waals surface area contributed by atoms with Crippen LogP contribution in [0.4, 0.5) is 25.0 Å². The Kier molecular flexibility index (Phi) is 6.98. The largest absolute Gasteiger partial charge is 0.338 e. The molecule has 2 amide bonds. The third-order valence-electron chi connectivity index (χ3n) is 5.45. The molecule has 1 atom stereocenters. The second-order valence-electron chi connectivity index (χ2n) is 7.63. The van der Waals surface area contributed by atoms with Crippen molar-refractivity contribution in [3.63, 3.8) is 0 Å². The second kappa shape index (κ2) is 10.4. The number of para-hydroxylation sites is 1. The van der Waals surface area contributed by atoms with E-state index in [0.717, 1.165) is 5.56 Å². The Bertz CT molecular complexity index is 1230.